The maximum Gasteiger partial charge on any atom is 0.315 e. The molecule has 0 aliphatic carbocycles. The average Bonchev–Trinajstić information content (AvgIpc) is 2.92. The fourth-order valence-electron chi connectivity index (χ4n) is 2.47. The van der Waals surface area contributed by atoms with Gasteiger partial charge in [0, 0.05) is 30.7 Å². The zero-order valence-corrected chi connectivity index (χ0v) is 13.2. The maximum absolute atomic E-state index is 12.0. The number of carbonyl (C=O) groups is 1. The summed E-state index contributed by atoms with van der Waals surface area (Å²) in [6.07, 6.45) is 5.12. The van der Waals surface area contributed by atoms with Crippen molar-refractivity contribution in [2.24, 2.45) is 10.2 Å². The van der Waals surface area contributed by atoms with Crippen LogP contribution >= 0.6 is 0 Å². The second kappa shape index (κ2) is 7.31. The lowest BCUT2D eigenvalue weighted by molar-refractivity contribution is 0.0990. The summed E-state index contributed by atoms with van der Waals surface area (Å²) < 4.78 is 1.66. The molecule has 0 unspecified atom stereocenters. The van der Waals surface area contributed by atoms with Gasteiger partial charge >= 0.3 is 5.91 Å². The van der Waals surface area contributed by atoms with Gasteiger partial charge in [0.2, 0.25) is 5.88 Å². The first kappa shape index (κ1) is 16.3. The van der Waals surface area contributed by atoms with Gasteiger partial charge in [-0.05, 0) is 12.5 Å². The van der Waals surface area contributed by atoms with Gasteiger partial charge in [0.25, 0.3) is 0 Å². The number of benzene rings is 1. The molecular formula is C17H14N6O2. The van der Waals surface area contributed by atoms with Gasteiger partial charge in [-0.15, -0.1) is 10.2 Å². The molecule has 2 heterocycles. The molecule has 0 atom stereocenters. The molecule has 2 aromatic heterocycles. The second-order valence-corrected chi connectivity index (χ2v) is 5.20. The number of nitrogens with zero attached hydrogens (tertiary/aromatic N) is 6. The number of aromatic nitrogens is 3. The number of fused-ring (bicyclic) bond motifs is 1. The summed E-state index contributed by atoms with van der Waals surface area (Å²) in [5.74, 6) is -0.733. The van der Waals surface area contributed by atoms with E-state index in [4.69, 9.17) is 5.26 Å². The average molecular weight is 334 g/mol. The Labute approximate surface area is 143 Å². The van der Waals surface area contributed by atoms with Gasteiger partial charge in [-0.25, -0.2) is 4.98 Å². The standard InChI is InChI=1S/C17H14N6O2/c18-7-3-4-10-23-14-6-2-1-5-12(14)15(17(23)25)21-22-16(24)13-11-19-8-9-20-13/h1-2,5-6,8-9,11,25H,3-4,10H2. The number of hydrogen-bond donors (Lipinski definition) is 1. The number of para-hydroxylation sites is 1. The summed E-state index contributed by atoms with van der Waals surface area (Å²) >= 11 is 0. The van der Waals surface area contributed by atoms with Crippen LogP contribution in [0.25, 0.3) is 10.9 Å². The normalized spacial score (nSPS) is 11.0. The molecule has 25 heavy (non-hydrogen) atoms. The molecule has 0 saturated heterocycles. The molecule has 124 valence electrons. The first-order chi connectivity index (χ1) is 12.2. The lowest BCUT2D eigenvalue weighted by Crippen LogP contribution is -1.97. The monoisotopic (exact) mass is 334 g/mol. The Morgan fingerprint density at radius 3 is 2.92 bits per heavy atom. The van der Waals surface area contributed by atoms with Gasteiger partial charge < -0.3 is 9.67 Å². The van der Waals surface area contributed by atoms with E-state index < -0.39 is 5.91 Å². The summed E-state index contributed by atoms with van der Waals surface area (Å²) in [6.45, 7) is 0.466. The number of amides is 1. The predicted octanol–water partition coefficient (Wildman–Crippen LogP) is 3.36. The number of unbranched alkanes of at least 4 members (excludes halogenated alkanes) is 1. The van der Waals surface area contributed by atoms with Crippen molar-refractivity contribution >= 4 is 22.5 Å². The van der Waals surface area contributed by atoms with Crippen molar-refractivity contribution in [2.45, 2.75) is 19.4 Å². The molecule has 3 rings (SSSR count). The van der Waals surface area contributed by atoms with E-state index in [1.807, 2.05) is 18.2 Å². The van der Waals surface area contributed by atoms with Crippen LogP contribution in [0.1, 0.15) is 23.3 Å². The van der Waals surface area contributed by atoms with Crippen molar-refractivity contribution < 1.29 is 9.90 Å². The minimum atomic E-state index is -0.645. The van der Waals surface area contributed by atoms with Gasteiger partial charge in [0.05, 0.1) is 17.8 Å². The summed E-state index contributed by atoms with van der Waals surface area (Å²) in [4.78, 5) is 19.7. The van der Waals surface area contributed by atoms with Crippen molar-refractivity contribution in [3.63, 3.8) is 0 Å². The van der Waals surface area contributed by atoms with Crippen molar-refractivity contribution in [3.8, 4) is 11.9 Å². The highest BCUT2D eigenvalue weighted by Crippen LogP contribution is 2.39. The third-order valence-corrected chi connectivity index (χ3v) is 3.61. The molecule has 1 amide bonds. The van der Waals surface area contributed by atoms with E-state index in [0.29, 0.717) is 24.8 Å². The molecule has 0 radical (unpaired) electrons. The van der Waals surface area contributed by atoms with E-state index in [-0.39, 0.29) is 17.3 Å². The molecule has 0 bridgehead atoms. The van der Waals surface area contributed by atoms with Crippen molar-refractivity contribution in [1.82, 2.24) is 14.5 Å². The lowest BCUT2D eigenvalue weighted by Gasteiger charge is -2.04. The highest BCUT2D eigenvalue weighted by molar-refractivity contribution is 5.96. The zero-order valence-electron chi connectivity index (χ0n) is 13.2. The van der Waals surface area contributed by atoms with E-state index >= 15 is 0 Å². The van der Waals surface area contributed by atoms with Gasteiger partial charge in [-0.1, -0.05) is 18.2 Å². The highest BCUT2D eigenvalue weighted by Gasteiger charge is 2.16. The van der Waals surface area contributed by atoms with Crippen LogP contribution in [0.15, 0.2) is 53.1 Å². The third kappa shape index (κ3) is 3.35. The number of carbonyl (C=O) groups excluding carboxylic acids is 1. The molecule has 8 nitrogen and oxygen atoms in total. The molecule has 8 heteroatoms. The van der Waals surface area contributed by atoms with E-state index in [1.165, 1.54) is 18.6 Å². The summed E-state index contributed by atoms with van der Waals surface area (Å²) in [7, 11) is 0. The predicted molar refractivity (Wildman–Crippen MR) is 89.3 cm³/mol. The Kier molecular flexibility index (Phi) is 4.76. The van der Waals surface area contributed by atoms with Crippen LogP contribution in [0.5, 0.6) is 5.88 Å². The fraction of sp³-hybridized carbons (Fsp3) is 0.176. The maximum atomic E-state index is 12.0. The Bertz CT molecular complexity index is 972. The van der Waals surface area contributed by atoms with Crippen LogP contribution in [0.3, 0.4) is 0 Å². The van der Waals surface area contributed by atoms with Crippen molar-refractivity contribution in [2.75, 3.05) is 0 Å². The molecular weight excluding hydrogens is 320 g/mol. The summed E-state index contributed by atoms with van der Waals surface area (Å²) in [5.41, 5.74) is 1.05. The fourth-order valence-corrected chi connectivity index (χ4v) is 2.47. The first-order valence-electron chi connectivity index (χ1n) is 7.61. The van der Waals surface area contributed by atoms with Crippen LogP contribution < -0.4 is 0 Å². The quantitative estimate of drug-likeness (QED) is 0.567. The van der Waals surface area contributed by atoms with Crippen LogP contribution in [-0.4, -0.2) is 25.5 Å². The molecule has 3 aromatic rings. The smallest absolute Gasteiger partial charge is 0.315 e. The van der Waals surface area contributed by atoms with Gasteiger partial charge in [0.1, 0.15) is 5.69 Å². The molecule has 0 spiro atoms. The Balaban J connectivity index is 1.96. The van der Waals surface area contributed by atoms with Crippen LogP contribution in [0.2, 0.25) is 0 Å². The number of aromatic hydroxyl groups is 1. The number of rotatable bonds is 5. The first-order valence-corrected chi connectivity index (χ1v) is 7.61. The van der Waals surface area contributed by atoms with Gasteiger partial charge in [0.15, 0.2) is 5.69 Å². The zero-order chi connectivity index (χ0) is 17.6. The number of aryl methyl sites for hydroxylation is 1. The molecule has 0 aliphatic heterocycles. The topological polar surface area (TPSA) is 117 Å². The SMILES string of the molecule is N#CCCCn1c(O)c(N=NC(=O)c2cnccn2)c2ccccc21. The Morgan fingerprint density at radius 2 is 2.16 bits per heavy atom. The summed E-state index contributed by atoms with van der Waals surface area (Å²) in [5, 5.41) is 27.4. The molecule has 1 N–H and O–H groups in total. The molecule has 0 aliphatic rings. The van der Waals surface area contributed by atoms with E-state index in [1.54, 1.807) is 10.6 Å². The van der Waals surface area contributed by atoms with Gasteiger partial charge in [-0.3, -0.25) is 9.78 Å². The van der Waals surface area contributed by atoms with Crippen molar-refractivity contribution in [1.29, 1.82) is 5.26 Å². The molecule has 1 aromatic carbocycles. The van der Waals surface area contributed by atoms with Crippen molar-refractivity contribution in [3.05, 3.63) is 48.5 Å². The number of azo groups is 1. The van der Waals surface area contributed by atoms with Crippen LogP contribution in [0, 0.1) is 11.3 Å². The minimum Gasteiger partial charge on any atom is -0.493 e. The van der Waals surface area contributed by atoms with E-state index in [9.17, 15) is 9.90 Å². The lowest BCUT2D eigenvalue weighted by atomic mass is 10.2. The third-order valence-electron chi connectivity index (χ3n) is 3.61. The van der Waals surface area contributed by atoms with E-state index in [0.717, 1.165) is 5.52 Å². The second-order valence-electron chi connectivity index (χ2n) is 5.20. The molecule has 0 saturated carbocycles. The highest BCUT2D eigenvalue weighted by atomic mass is 16.3. The van der Waals surface area contributed by atoms with E-state index in [2.05, 4.69) is 26.3 Å². The molecule has 0 fully saturated rings. The number of hydrogen-bond acceptors (Lipinski definition) is 6. The van der Waals surface area contributed by atoms with Crippen LogP contribution in [0.4, 0.5) is 5.69 Å². The number of nitriles is 1. The Hall–Kier alpha value is -3.60. The largest absolute Gasteiger partial charge is 0.493 e. The minimum absolute atomic E-state index is 0.0727. The Morgan fingerprint density at radius 1 is 1.32 bits per heavy atom. The van der Waals surface area contributed by atoms with Crippen LogP contribution in [-0.2, 0) is 6.54 Å². The van der Waals surface area contributed by atoms with Gasteiger partial charge in [-0.2, -0.15) is 5.26 Å². The summed E-state index contributed by atoms with van der Waals surface area (Å²) in [6, 6.07) is 9.35.